The van der Waals surface area contributed by atoms with Crippen molar-refractivity contribution < 1.29 is 4.68 Å². The van der Waals surface area contributed by atoms with Gasteiger partial charge in [-0.15, -0.1) is 4.68 Å². The molecule has 0 saturated carbocycles. The summed E-state index contributed by atoms with van der Waals surface area (Å²) in [6.45, 7) is 5.29. The molecule has 3 nitrogen and oxygen atoms in total. The molecule has 0 aliphatic heterocycles. The molecular formula is C5H10N3S+. The molecule has 0 spiro atoms. The fourth-order valence-electron chi connectivity index (χ4n) is 0.619. The molecule has 0 bridgehead atoms. The van der Waals surface area contributed by atoms with Crippen molar-refractivity contribution in [2.45, 2.75) is 20.4 Å². The SMILES string of the molecule is CC(C)C[n+]1cnsn1. The second-order valence-electron chi connectivity index (χ2n) is 2.40. The van der Waals surface area contributed by atoms with Crippen LogP contribution in [0.5, 0.6) is 0 Å². The molecule has 0 saturated heterocycles. The van der Waals surface area contributed by atoms with Gasteiger partial charge < -0.3 is 0 Å². The van der Waals surface area contributed by atoms with Gasteiger partial charge in [0.1, 0.15) is 6.54 Å². The minimum Gasteiger partial charge on any atom is -0.122 e. The zero-order valence-electron chi connectivity index (χ0n) is 5.61. The van der Waals surface area contributed by atoms with E-state index in [4.69, 9.17) is 0 Å². The van der Waals surface area contributed by atoms with E-state index < -0.39 is 0 Å². The molecule has 0 aliphatic rings. The van der Waals surface area contributed by atoms with Crippen LogP contribution in [0.4, 0.5) is 0 Å². The van der Waals surface area contributed by atoms with Crippen LogP contribution in [0.25, 0.3) is 0 Å². The lowest BCUT2D eigenvalue weighted by molar-refractivity contribution is -0.752. The van der Waals surface area contributed by atoms with Crippen LogP contribution >= 0.6 is 11.7 Å². The Bertz CT molecular complexity index is 159. The Morgan fingerprint density at radius 2 is 2.44 bits per heavy atom. The van der Waals surface area contributed by atoms with E-state index in [1.54, 1.807) is 6.33 Å². The van der Waals surface area contributed by atoms with E-state index in [0.717, 1.165) is 6.54 Å². The molecule has 1 aromatic rings. The summed E-state index contributed by atoms with van der Waals surface area (Å²) in [5, 5.41) is 0. The molecule has 0 radical (unpaired) electrons. The van der Waals surface area contributed by atoms with E-state index in [9.17, 15) is 0 Å². The first-order valence-corrected chi connectivity index (χ1v) is 3.69. The molecule has 0 fully saturated rings. The molecule has 1 heterocycles. The average Bonchev–Trinajstić information content (AvgIpc) is 2.15. The minimum atomic E-state index is 0.652. The minimum absolute atomic E-state index is 0.652. The predicted molar refractivity (Wildman–Crippen MR) is 34.9 cm³/mol. The Balaban J connectivity index is 2.48. The van der Waals surface area contributed by atoms with Crippen LogP contribution < -0.4 is 4.68 Å². The van der Waals surface area contributed by atoms with Crippen LogP contribution in [0.2, 0.25) is 0 Å². The monoisotopic (exact) mass is 144 g/mol. The van der Waals surface area contributed by atoms with Crippen LogP contribution in [0.1, 0.15) is 13.8 Å². The third kappa shape index (κ3) is 2.05. The van der Waals surface area contributed by atoms with Crippen molar-refractivity contribution >= 4 is 11.7 Å². The molecule has 50 valence electrons. The summed E-state index contributed by atoms with van der Waals surface area (Å²) in [6, 6.07) is 0. The van der Waals surface area contributed by atoms with Gasteiger partial charge in [0.15, 0.2) is 0 Å². The standard InChI is InChI=1S/C5H10N3S/c1-5(2)3-8-4-6-9-7-8/h4-5H,3H2,1-2H3/q+1. The van der Waals surface area contributed by atoms with Gasteiger partial charge in [-0.1, -0.05) is 13.8 Å². The van der Waals surface area contributed by atoms with Gasteiger partial charge in [-0.05, 0) is 5.92 Å². The topological polar surface area (TPSA) is 29.7 Å². The van der Waals surface area contributed by atoms with E-state index >= 15 is 0 Å². The van der Waals surface area contributed by atoms with Crippen molar-refractivity contribution in [2.24, 2.45) is 5.92 Å². The number of rotatable bonds is 2. The molecule has 0 atom stereocenters. The van der Waals surface area contributed by atoms with Crippen LogP contribution in [0.15, 0.2) is 6.33 Å². The van der Waals surface area contributed by atoms with Gasteiger partial charge in [-0.3, -0.25) is 0 Å². The van der Waals surface area contributed by atoms with Gasteiger partial charge in [-0.2, -0.15) is 0 Å². The van der Waals surface area contributed by atoms with Crippen LogP contribution in [0, 0.1) is 5.92 Å². The molecule has 9 heavy (non-hydrogen) atoms. The highest BCUT2D eigenvalue weighted by Gasteiger charge is 2.03. The number of hydrogen-bond donors (Lipinski definition) is 0. The van der Waals surface area contributed by atoms with Crippen molar-refractivity contribution in [1.82, 2.24) is 8.86 Å². The molecule has 0 aliphatic carbocycles. The quantitative estimate of drug-likeness (QED) is 0.565. The van der Waals surface area contributed by atoms with Crippen molar-refractivity contribution in [2.75, 3.05) is 0 Å². The van der Waals surface area contributed by atoms with Gasteiger partial charge >= 0.3 is 6.33 Å². The molecule has 0 N–H and O–H groups in total. The highest BCUT2D eigenvalue weighted by molar-refractivity contribution is 6.98. The Morgan fingerprint density at radius 1 is 1.67 bits per heavy atom. The number of aromatic nitrogens is 3. The van der Waals surface area contributed by atoms with Gasteiger partial charge in [0.25, 0.3) is 0 Å². The Kier molecular flexibility index (Phi) is 2.10. The maximum atomic E-state index is 4.00. The second-order valence-corrected chi connectivity index (χ2v) is 2.94. The third-order valence-corrected chi connectivity index (χ3v) is 1.39. The van der Waals surface area contributed by atoms with E-state index in [0.29, 0.717) is 5.92 Å². The zero-order valence-corrected chi connectivity index (χ0v) is 6.43. The Labute approximate surface area is 58.7 Å². The van der Waals surface area contributed by atoms with Gasteiger partial charge in [-0.25, -0.2) is 0 Å². The highest BCUT2D eigenvalue weighted by atomic mass is 32.1. The maximum absolute atomic E-state index is 4.00. The van der Waals surface area contributed by atoms with E-state index in [2.05, 4.69) is 22.7 Å². The first-order valence-electron chi connectivity index (χ1n) is 2.96. The molecule has 0 unspecified atom stereocenters. The molecular weight excluding hydrogens is 134 g/mol. The summed E-state index contributed by atoms with van der Waals surface area (Å²) >= 11 is 1.24. The Morgan fingerprint density at radius 3 is 2.89 bits per heavy atom. The zero-order chi connectivity index (χ0) is 6.69. The lowest BCUT2D eigenvalue weighted by atomic mass is 10.2. The summed E-state index contributed by atoms with van der Waals surface area (Å²) in [6.07, 6.45) is 1.75. The molecule has 1 rings (SSSR count). The molecule has 0 aromatic carbocycles. The van der Waals surface area contributed by atoms with Gasteiger partial charge in [0.2, 0.25) is 11.7 Å². The summed E-state index contributed by atoms with van der Waals surface area (Å²) in [5.74, 6) is 0.652. The van der Waals surface area contributed by atoms with Gasteiger partial charge in [0.05, 0.1) is 0 Å². The number of hydrogen-bond acceptors (Lipinski definition) is 3. The van der Waals surface area contributed by atoms with Crippen molar-refractivity contribution in [3.63, 3.8) is 0 Å². The fourth-order valence-corrected chi connectivity index (χ4v) is 1.01. The van der Waals surface area contributed by atoms with Crippen molar-refractivity contribution in [3.8, 4) is 0 Å². The lowest BCUT2D eigenvalue weighted by Crippen LogP contribution is -2.36. The summed E-state index contributed by atoms with van der Waals surface area (Å²) in [5.41, 5.74) is 0. The molecule has 4 heteroatoms. The predicted octanol–water partition coefficient (Wildman–Crippen LogP) is 0.482. The summed E-state index contributed by atoms with van der Waals surface area (Å²) in [7, 11) is 0. The maximum Gasteiger partial charge on any atom is 0.324 e. The normalized spacial score (nSPS) is 10.6. The first-order chi connectivity index (χ1) is 4.29. The molecule has 1 aromatic heterocycles. The summed E-state index contributed by atoms with van der Waals surface area (Å²) < 4.78 is 9.73. The van der Waals surface area contributed by atoms with Crippen LogP contribution in [-0.4, -0.2) is 8.86 Å². The summed E-state index contributed by atoms with van der Waals surface area (Å²) in [4.78, 5) is 0. The van der Waals surface area contributed by atoms with E-state index in [-0.39, 0.29) is 0 Å². The van der Waals surface area contributed by atoms with E-state index in [1.165, 1.54) is 11.7 Å². The largest absolute Gasteiger partial charge is 0.324 e. The van der Waals surface area contributed by atoms with Crippen molar-refractivity contribution in [1.29, 1.82) is 0 Å². The molecule has 0 amide bonds. The van der Waals surface area contributed by atoms with Crippen LogP contribution in [-0.2, 0) is 6.54 Å². The smallest absolute Gasteiger partial charge is 0.122 e. The fraction of sp³-hybridized carbons (Fsp3) is 0.800. The lowest BCUT2D eigenvalue weighted by Gasteiger charge is -1.94. The van der Waals surface area contributed by atoms with Crippen molar-refractivity contribution in [3.05, 3.63) is 6.33 Å². The first kappa shape index (κ1) is 6.61. The van der Waals surface area contributed by atoms with Gasteiger partial charge in [0, 0.05) is 8.86 Å². The number of nitrogens with zero attached hydrogens (tertiary/aromatic N) is 3. The second kappa shape index (κ2) is 2.87. The third-order valence-electron chi connectivity index (χ3n) is 0.921. The van der Waals surface area contributed by atoms with Crippen LogP contribution in [0.3, 0.4) is 0 Å². The van der Waals surface area contributed by atoms with E-state index in [1.807, 2.05) is 4.68 Å². The average molecular weight is 144 g/mol. The Hall–Kier alpha value is -0.510. The highest BCUT2D eigenvalue weighted by Crippen LogP contribution is 1.88.